The lowest BCUT2D eigenvalue weighted by Gasteiger charge is -2.11. The van der Waals surface area contributed by atoms with Crippen LogP contribution >= 0.6 is 39.3 Å². The van der Waals surface area contributed by atoms with Gasteiger partial charge in [-0.1, -0.05) is 45.7 Å². The molecule has 18 heavy (non-hydrogen) atoms. The predicted octanol–water partition coefficient (Wildman–Crippen LogP) is 4.93. The topological polar surface area (TPSA) is 20.2 Å². The number of hydrogen-bond donors (Lipinski definition) is 1. The lowest BCUT2D eigenvalue weighted by molar-refractivity contribution is 0.204. The Hall–Kier alpha value is -0.480. The van der Waals surface area contributed by atoms with Gasteiger partial charge in [0.1, 0.15) is 0 Å². The maximum atomic E-state index is 10.1. The molecule has 2 aromatic rings. The molecule has 0 heterocycles. The van der Waals surface area contributed by atoms with Crippen molar-refractivity contribution in [3.05, 3.63) is 63.6 Å². The van der Waals surface area contributed by atoms with Crippen LogP contribution in [0, 0.1) is 0 Å². The summed E-state index contributed by atoms with van der Waals surface area (Å²) < 4.78 is 1.05. The van der Waals surface area contributed by atoms with E-state index >= 15 is 0 Å². The molecule has 0 spiro atoms. The third-order valence-electron chi connectivity index (χ3n) is 2.44. The first-order chi connectivity index (χ1) is 8.65. The Labute approximate surface area is 124 Å². The molecular weight excluding hydrogens is 332 g/mol. The van der Waals surface area contributed by atoms with Crippen molar-refractivity contribution in [2.24, 2.45) is 0 Å². The number of benzene rings is 2. The standard InChI is InChI=1S/C14H12BrClOS/c15-11-4-2-6-13(8-11)18-9-14(17)10-3-1-5-12(16)7-10/h1-8,14,17H,9H2. The van der Waals surface area contributed by atoms with E-state index in [4.69, 9.17) is 11.6 Å². The van der Waals surface area contributed by atoms with Crippen molar-refractivity contribution in [1.29, 1.82) is 0 Å². The molecule has 0 fully saturated rings. The van der Waals surface area contributed by atoms with Crippen LogP contribution in [0.2, 0.25) is 5.02 Å². The molecule has 2 rings (SSSR count). The van der Waals surface area contributed by atoms with Crippen molar-refractivity contribution in [3.63, 3.8) is 0 Å². The second-order valence-corrected chi connectivity index (χ2v) is 6.28. The molecule has 0 aromatic heterocycles. The maximum Gasteiger partial charge on any atom is 0.0884 e. The zero-order chi connectivity index (χ0) is 13.0. The molecule has 0 amide bonds. The van der Waals surface area contributed by atoms with E-state index in [9.17, 15) is 5.11 Å². The minimum Gasteiger partial charge on any atom is -0.388 e. The molecule has 0 saturated carbocycles. The van der Waals surface area contributed by atoms with Crippen molar-refractivity contribution in [2.75, 3.05) is 5.75 Å². The van der Waals surface area contributed by atoms with E-state index in [1.54, 1.807) is 23.9 Å². The minimum atomic E-state index is -0.507. The summed E-state index contributed by atoms with van der Waals surface area (Å²) in [5.41, 5.74) is 0.852. The lowest BCUT2D eigenvalue weighted by atomic mass is 10.1. The van der Waals surface area contributed by atoms with E-state index in [0.29, 0.717) is 10.8 Å². The monoisotopic (exact) mass is 342 g/mol. The first kappa shape index (κ1) is 13.9. The number of thioether (sulfide) groups is 1. The summed E-state index contributed by atoms with van der Waals surface area (Å²) in [7, 11) is 0. The highest BCUT2D eigenvalue weighted by Gasteiger charge is 2.08. The van der Waals surface area contributed by atoms with Gasteiger partial charge in [0.05, 0.1) is 6.10 Å². The highest BCUT2D eigenvalue weighted by Crippen LogP contribution is 2.27. The first-order valence-electron chi connectivity index (χ1n) is 5.47. The Morgan fingerprint density at radius 1 is 1.17 bits per heavy atom. The van der Waals surface area contributed by atoms with E-state index in [1.807, 2.05) is 36.4 Å². The highest BCUT2D eigenvalue weighted by atomic mass is 79.9. The van der Waals surface area contributed by atoms with Crippen LogP contribution < -0.4 is 0 Å². The number of halogens is 2. The molecule has 1 nitrogen and oxygen atoms in total. The summed E-state index contributed by atoms with van der Waals surface area (Å²) in [6, 6.07) is 15.4. The molecule has 0 aliphatic heterocycles. The van der Waals surface area contributed by atoms with Crippen LogP contribution in [0.3, 0.4) is 0 Å². The predicted molar refractivity (Wildman–Crippen MR) is 81.3 cm³/mol. The summed E-state index contributed by atoms with van der Waals surface area (Å²) in [6.07, 6.45) is -0.507. The van der Waals surface area contributed by atoms with Gasteiger partial charge in [-0.25, -0.2) is 0 Å². The fourth-order valence-corrected chi connectivity index (χ4v) is 3.22. The van der Waals surface area contributed by atoms with Gasteiger partial charge in [0.2, 0.25) is 0 Å². The molecule has 1 atom stereocenters. The Morgan fingerprint density at radius 3 is 2.67 bits per heavy atom. The van der Waals surface area contributed by atoms with E-state index in [2.05, 4.69) is 15.9 Å². The molecule has 4 heteroatoms. The third kappa shape index (κ3) is 4.02. The Kier molecular flexibility index (Phi) is 5.13. The van der Waals surface area contributed by atoms with Gasteiger partial charge in [-0.05, 0) is 35.9 Å². The average Bonchev–Trinajstić information content (AvgIpc) is 2.36. The van der Waals surface area contributed by atoms with Crippen LogP contribution in [0.5, 0.6) is 0 Å². The van der Waals surface area contributed by atoms with Gasteiger partial charge in [-0.15, -0.1) is 11.8 Å². The third-order valence-corrected chi connectivity index (χ3v) is 4.24. The maximum absolute atomic E-state index is 10.1. The Bertz CT molecular complexity index is 533. The van der Waals surface area contributed by atoms with E-state index < -0.39 is 6.10 Å². The molecule has 0 saturated heterocycles. The van der Waals surface area contributed by atoms with Crippen molar-refractivity contribution in [3.8, 4) is 0 Å². The van der Waals surface area contributed by atoms with Gasteiger partial charge in [-0.2, -0.15) is 0 Å². The molecule has 0 bridgehead atoms. The second kappa shape index (κ2) is 6.62. The molecule has 0 aliphatic rings. The molecule has 0 radical (unpaired) electrons. The average molecular weight is 344 g/mol. The van der Waals surface area contributed by atoms with Gasteiger partial charge in [-0.3, -0.25) is 0 Å². The minimum absolute atomic E-state index is 0.507. The quantitative estimate of drug-likeness (QED) is 0.794. The van der Waals surface area contributed by atoms with Crippen molar-refractivity contribution < 1.29 is 5.11 Å². The van der Waals surface area contributed by atoms with E-state index in [1.165, 1.54) is 0 Å². The number of aliphatic hydroxyl groups is 1. The van der Waals surface area contributed by atoms with Crippen molar-refractivity contribution >= 4 is 39.3 Å². The van der Waals surface area contributed by atoms with Crippen LogP contribution in [0.25, 0.3) is 0 Å². The molecule has 0 aliphatic carbocycles. The van der Waals surface area contributed by atoms with Crippen LogP contribution in [0.4, 0.5) is 0 Å². The largest absolute Gasteiger partial charge is 0.388 e. The SMILES string of the molecule is OC(CSc1cccc(Br)c1)c1cccc(Cl)c1. The lowest BCUT2D eigenvalue weighted by Crippen LogP contribution is -2.00. The van der Waals surface area contributed by atoms with Crippen LogP contribution in [0.15, 0.2) is 57.9 Å². The molecule has 1 N–H and O–H groups in total. The Balaban J connectivity index is 1.98. The van der Waals surface area contributed by atoms with Gasteiger partial charge in [0, 0.05) is 20.1 Å². The summed E-state index contributed by atoms with van der Waals surface area (Å²) in [4.78, 5) is 1.13. The summed E-state index contributed by atoms with van der Waals surface area (Å²) in [5, 5.41) is 10.7. The summed E-state index contributed by atoms with van der Waals surface area (Å²) >= 11 is 11.0. The highest BCUT2D eigenvalue weighted by molar-refractivity contribution is 9.10. The fourth-order valence-electron chi connectivity index (χ4n) is 1.54. The normalized spacial score (nSPS) is 12.4. The molecule has 94 valence electrons. The van der Waals surface area contributed by atoms with Crippen molar-refractivity contribution in [2.45, 2.75) is 11.0 Å². The van der Waals surface area contributed by atoms with E-state index in [-0.39, 0.29) is 0 Å². The van der Waals surface area contributed by atoms with Crippen LogP contribution in [-0.4, -0.2) is 10.9 Å². The summed E-state index contributed by atoms with van der Waals surface area (Å²) in [5.74, 6) is 0.608. The Morgan fingerprint density at radius 2 is 1.94 bits per heavy atom. The van der Waals surface area contributed by atoms with Gasteiger partial charge >= 0.3 is 0 Å². The summed E-state index contributed by atoms with van der Waals surface area (Å²) in [6.45, 7) is 0. The zero-order valence-electron chi connectivity index (χ0n) is 9.51. The van der Waals surface area contributed by atoms with Gasteiger partial charge < -0.3 is 5.11 Å². The first-order valence-corrected chi connectivity index (χ1v) is 7.63. The smallest absolute Gasteiger partial charge is 0.0884 e. The van der Waals surface area contributed by atoms with Crippen molar-refractivity contribution in [1.82, 2.24) is 0 Å². The van der Waals surface area contributed by atoms with Gasteiger partial charge in [0.25, 0.3) is 0 Å². The molecular formula is C14H12BrClOS. The van der Waals surface area contributed by atoms with E-state index in [0.717, 1.165) is 14.9 Å². The van der Waals surface area contributed by atoms with Crippen LogP contribution in [-0.2, 0) is 0 Å². The molecule has 1 unspecified atom stereocenters. The second-order valence-electron chi connectivity index (χ2n) is 3.84. The zero-order valence-corrected chi connectivity index (χ0v) is 12.7. The molecule has 2 aromatic carbocycles. The number of hydrogen-bond acceptors (Lipinski definition) is 2. The fraction of sp³-hybridized carbons (Fsp3) is 0.143. The number of rotatable bonds is 4. The van der Waals surface area contributed by atoms with Gasteiger partial charge in [0.15, 0.2) is 0 Å². The number of aliphatic hydroxyl groups excluding tert-OH is 1. The van der Waals surface area contributed by atoms with Crippen LogP contribution in [0.1, 0.15) is 11.7 Å².